The van der Waals surface area contributed by atoms with Gasteiger partial charge >= 0.3 is 0 Å². The summed E-state index contributed by atoms with van der Waals surface area (Å²) in [5.74, 6) is 1.53. The van der Waals surface area contributed by atoms with E-state index in [1.165, 1.54) is 12.8 Å². The number of nitrogens with two attached hydrogens (primary N) is 1. The van der Waals surface area contributed by atoms with Crippen LogP contribution in [-0.2, 0) is 0 Å². The van der Waals surface area contributed by atoms with Gasteiger partial charge in [0.1, 0.15) is 0 Å². The highest BCUT2D eigenvalue weighted by Gasteiger charge is 2.31. The molecule has 1 saturated heterocycles. The molecule has 7 heteroatoms. The van der Waals surface area contributed by atoms with Crippen molar-refractivity contribution in [2.75, 3.05) is 41.8 Å². The van der Waals surface area contributed by atoms with Crippen molar-refractivity contribution in [1.82, 2.24) is 15.0 Å². The predicted molar refractivity (Wildman–Crippen MR) is 73.1 cm³/mol. The highest BCUT2D eigenvalue weighted by molar-refractivity contribution is 5.45. The zero-order valence-corrected chi connectivity index (χ0v) is 11.0. The molecule has 1 aliphatic heterocycles. The lowest BCUT2D eigenvalue weighted by molar-refractivity contribution is 0.300. The number of aliphatic hydroxyl groups excluding tert-OH is 1. The van der Waals surface area contributed by atoms with Crippen LogP contribution in [0.4, 0.5) is 17.8 Å². The maximum atomic E-state index is 9.17. The Kier molecular flexibility index (Phi) is 3.37. The van der Waals surface area contributed by atoms with Gasteiger partial charge in [-0.2, -0.15) is 15.0 Å². The Labute approximate surface area is 112 Å². The van der Waals surface area contributed by atoms with Gasteiger partial charge in [-0.3, -0.25) is 0 Å². The van der Waals surface area contributed by atoms with Crippen LogP contribution >= 0.6 is 0 Å². The van der Waals surface area contributed by atoms with E-state index in [0.717, 1.165) is 25.9 Å². The molecule has 0 spiro atoms. The first-order chi connectivity index (χ1) is 9.28. The van der Waals surface area contributed by atoms with Crippen molar-refractivity contribution >= 4 is 17.8 Å². The number of hydrogen-bond acceptors (Lipinski definition) is 7. The zero-order valence-electron chi connectivity index (χ0n) is 11.0. The molecule has 2 heterocycles. The molecule has 2 aliphatic rings. The summed E-state index contributed by atoms with van der Waals surface area (Å²) in [5.41, 5.74) is 5.80. The van der Waals surface area contributed by atoms with Crippen LogP contribution in [0.25, 0.3) is 0 Å². The van der Waals surface area contributed by atoms with Gasteiger partial charge in [0.25, 0.3) is 0 Å². The molecule has 0 atom stereocenters. The molecule has 0 unspecified atom stereocenters. The SMILES string of the molecule is Nc1nc(N2CCCC2)nc(N(CCO)C2CC2)n1. The Hall–Kier alpha value is -1.63. The Morgan fingerprint density at radius 2 is 1.95 bits per heavy atom. The number of aliphatic hydroxyl groups is 1. The highest BCUT2D eigenvalue weighted by Crippen LogP contribution is 2.30. The first-order valence-electron chi connectivity index (χ1n) is 6.92. The Balaban J connectivity index is 1.86. The number of anilines is 3. The number of aromatic nitrogens is 3. The second-order valence-corrected chi connectivity index (χ2v) is 5.14. The molecule has 2 fully saturated rings. The third-order valence-electron chi connectivity index (χ3n) is 3.60. The van der Waals surface area contributed by atoms with Crippen LogP contribution in [0.15, 0.2) is 0 Å². The third-order valence-corrected chi connectivity index (χ3v) is 3.60. The average molecular weight is 264 g/mol. The minimum Gasteiger partial charge on any atom is -0.395 e. The molecule has 0 amide bonds. The quantitative estimate of drug-likeness (QED) is 0.774. The summed E-state index contributed by atoms with van der Waals surface area (Å²) < 4.78 is 0. The molecule has 3 rings (SSSR count). The first-order valence-corrected chi connectivity index (χ1v) is 6.92. The number of rotatable bonds is 5. The van der Waals surface area contributed by atoms with E-state index >= 15 is 0 Å². The van der Waals surface area contributed by atoms with Gasteiger partial charge in [-0.25, -0.2) is 0 Å². The standard InChI is InChI=1S/C12H20N6O/c13-10-14-11(17-5-1-2-6-17)16-12(15-10)18(7-8-19)9-3-4-9/h9,19H,1-8H2,(H2,13,14,15,16). The molecular weight excluding hydrogens is 244 g/mol. The monoisotopic (exact) mass is 264 g/mol. The summed E-state index contributed by atoms with van der Waals surface area (Å²) in [6.07, 6.45) is 4.60. The number of nitrogens with zero attached hydrogens (tertiary/aromatic N) is 5. The lowest BCUT2D eigenvalue weighted by Gasteiger charge is -2.23. The minimum absolute atomic E-state index is 0.0983. The fourth-order valence-electron chi connectivity index (χ4n) is 2.50. The van der Waals surface area contributed by atoms with Crippen molar-refractivity contribution < 1.29 is 5.11 Å². The summed E-state index contributed by atoms with van der Waals surface area (Å²) >= 11 is 0. The molecule has 7 nitrogen and oxygen atoms in total. The summed E-state index contributed by atoms with van der Waals surface area (Å²) in [5, 5.41) is 9.17. The lowest BCUT2D eigenvalue weighted by Crippen LogP contribution is -2.32. The van der Waals surface area contributed by atoms with E-state index < -0.39 is 0 Å². The molecule has 1 aromatic rings. The molecule has 0 bridgehead atoms. The highest BCUT2D eigenvalue weighted by atomic mass is 16.3. The van der Waals surface area contributed by atoms with Gasteiger partial charge in [0, 0.05) is 25.7 Å². The van der Waals surface area contributed by atoms with E-state index in [2.05, 4.69) is 19.9 Å². The first kappa shape index (κ1) is 12.4. The average Bonchev–Trinajstić information content (AvgIpc) is 3.08. The van der Waals surface area contributed by atoms with E-state index in [4.69, 9.17) is 5.73 Å². The van der Waals surface area contributed by atoms with Crippen molar-refractivity contribution in [3.8, 4) is 0 Å². The largest absolute Gasteiger partial charge is 0.395 e. The normalized spacial score (nSPS) is 18.9. The summed E-state index contributed by atoms with van der Waals surface area (Å²) in [6.45, 7) is 2.60. The van der Waals surface area contributed by atoms with Gasteiger partial charge in [-0.05, 0) is 25.7 Å². The van der Waals surface area contributed by atoms with Gasteiger partial charge in [0.2, 0.25) is 17.8 Å². The molecule has 1 aromatic heterocycles. The fourth-order valence-corrected chi connectivity index (χ4v) is 2.50. The number of nitrogen functional groups attached to an aromatic ring is 1. The van der Waals surface area contributed by atoms with Gasteiger partial charge in [0.15, 0.2) is 0 Å². The molecule has 104 valence electrons. The predicted octanol–water partition coefficient (Wildman–Crippen LogP) is 0.0151. The Bertz CT molecular complexity index is 444. The van der Waals surface area contributed by atoms with Crippen LogP contribution in [0, 0.1) is 0 Å². The summed E-state index contributed by atoms with van der Waals surface area (Å²) in [6, 6.07) is 0.445. The molecular formula is C12H20N6O. The van der Waals surface area contributed by atoms with Crippen LogP contribution in [0.5, 0.6) is 0 Å². The topological polar surface area (TPSA) is 91.4 Å². The van der Waals surface area contributed by atoms with Crippen molar-refractivity contribution in [3.05, 3.63) is 0 Å². The van der Waals surface area contributed by atoms with Gasteiger partial charge in [0.05, 0.1) is 6.61 Å². The van der Waals surface area contributed by atoms with Crippen LogP contribution < -0.4 is 15.5 Å². The maximum absolute atomic E-state index is 9.17. The van der Waals surface area contributed by atoms with Crippen molar-refractivity contribution in [2.24, 2.45) is 0 Å². The van der Waals surface area contributed by atoms with E-state index in [9.17, 15) is 5.11 Å². The molecule has 0 radical (unpaired) electrons. The van der Waals surface area contributed by atoms with Crippen molar-refractivity contribution in [2.45, 2.75) is 31.7 Å². The van der Waals surface area contributed by atoms with Crippen LogP contribution in [-0.4, -0.2) is 52.3 Å². The van der Waals surface area contributed by atoms with E-state index in [1.54, 1.807) is 0 Å². The van der Waals surface area contributed by atoms with Crippen LogP contribution in [0.3, 0.4) is 0 Å². The van der Waals surface area contributed by atoms with Crippen LogP contribution in [0.2, 0.25) is 0 Å². The second-order valence-electron chi connectivity index (χ2n) is 5.14. The molecule has 1 saturated carbocycles. The molecule has 3 N–H and O–H groups in total. The maximum Gasteiger partial charge on any atom is 0.232 e. The molecule has 1 aliphatic carbocycles. The summed E-state index contributed by atoms with van der Waals surface area (Å²) in [4.78, 5) is 17.2. The second kappa shape index (κ2) is 5.16. The van der Waals surface area contributed by atoms with Crippen molar-refractivity contribution in [3.63, 3.8) is 0 Å². The smallest absolute Gasteiger partial charge is 0.232 e. The Morgan fingerprint density at radius 3 is 2.58 bits per heavy atom. The van der Waals surface area contributed by atoms with E-state index in [1.807, 2.05) is 4.90 Å². The number of hydrogen-bond donors (Lipinski definition) is 2. The zero-order chi connectivity index (χ0) is 13.2. The van der Waals surface area contributed by atoms with Gasteiger partial charge < -0.3 is 20.6 Å². The molecule has 0 aromatic carbocycles. The van der Waals surface area contributed by atoms with E-state index in [-0.39, 0.29) is 12.6 Å². The molecule has 19 heavy (non-hydrogen) atoms. The Morgan fingerprint density at radius 1 is 1.21 bits per heavy atom. The fraction of sp³-hybridized carbons (Fsp3) is 0.750. The summed E-state index contributed by atoms with van der Waals surface area (Å²) in [7, 11) is 0. The van der Waals surface area contributed by atoms with E-state index in [0.29, 0.717) is 24.5 Å². The minimum atomic E-state index is 0.0983. The van der Waals surface area contributed by atoms with Crippen molar-refractivity contribution in [1.29, 1.82) is 0 Å². The van der Waals surface area contributed by atoms with Crippen LogP contribution in [0.1, 0.15) is 25.7 Å². The lowest BCUT2D eigenvalue weighted by atomic mass is 10.4. The van der Waals surface area contributed by atoms with Gasteiger partial charge in [-0.15, -0.1) is 0 Å². The third kappa shape index (κ3) is 2.70. The van der Waals surface area contributed by atoms with Gasteiger partial charge in [-0.1, -0.05) is 0 Å².